The lowest BCUT2D eigenvalue weighted by Crippen LogP contribution is -2.32. The van der Waals surface area contributed by atoms with E-state index in [9.17, 15) is 4.79 Å². The summed E-state index contributed by atoms with van der Waals surface area (Å²) >= 11 is 0. The number of aliphatic hydroxyl groups excluding tert-OH is 1. The highest BCUT2D eigenvalue weighted by Gasteiger charge is 2.12. The smallest absolute Gasteiger partial charge is 0.409 e. The van der Waals surface area contributed by atoms with Crippen molar-refractivity contribution in [2.45, 2.75) is 6.54 Å². The van der Waals surface area contributed by atoms with Crippen molar-refractivity contribution in [3.63, 3.8) is 0 Å². The zero-order valence-corrected chi connectivity index (χ0v) is 8.72. The Bertz CT molecular complexity index is 300. The molecule has 0 saturated carbocycles. The maximum Gasteiger partial charge on any atom is 0.409 e. The SMILES string of the molecule is COC(=O)N(CCO)Cc1ccccc1. The predicted octanol–water partition coefficient (Wildman–Crippen LogP) is 1.25. The number of methoxy groups -OCH3 is 1. The van der Waals surface area contributed by atoms with Gasteiger partial charge in [0.2, 0.25) is 0 Å². The molecule has 1 rings (SSSR count). The fourth-order valence-electron chi connectivity index (χ4n) is 1.29. The number of carbonyl (C=O) groups is 1. The van der Waals surface area contributed by atoms with Crippen LogP contribution in [-0.4, -0.2) is 36.4 Å². The second kappa shape index (κ2) is 6.03. The maximum absolute atomic E-state index is 11.3. The van der Waals surface area contributed by atoms with Crippen LogP contribution in [0.5, 0.6) is 0 Å². The third kappa shape index (κ3) is 3.59. The topological polar surface area (TPSA) is 49.8 Å². The Hall–Kier alpha value is -1.55. The molecule has 0 aromatic heterocycles. The number of benzene rings is 1. The van der Waals surface area contributed by atoms with Crippen LogP contribution in [-0.2, 0) is 11.3 Å². The van der Waals surface area contributed by atoms with Gasteiger partial charge in [-0.2, -0.15) is 0 Å². The Labute approximate surface area is 89.1 Å². The van der Waals surface area contributed by atoms with Gasteiger partial charge in [-0.05, 0) is 5.56 Å². The average molecular weight is 209 g/mol. The maximum atomic E-state index is 11.3. The molecule has 4 nitrogen and oxygen atoms in total. The fourth-order valence-corrected chi connectivity index (χ4v) is 1.29. The lowest BCUT2D eigenvalue weighted by atomic mass is 10.2. The molecule has 82 valence electrons. The highest BCUT2D eigenvalue weighted by molar-refractivity contribution is 5.67. The summed E-state index contributed by atoms with van der Waals surface area (Å²) in [5, 5.41) is 8.81. The Kier molecular flexibility index (Phi) is 4.63. The van der Waals surface area contributed by atoms with Crippen molar-refractivity contribution in [2.75, 3.05) is 20.3 Å². The van der Waals surface area contributed by atoms with E-state index in [-0.39, 0.29) is 13.2 Å². The lowest BCUT2D eigenvalue weighted by molar-refractivity contribution is 0.110. The monoisotopic (exact) mass is 209 g/mol. The van der Waals surface area contributed by atoms with Crippen LogP contribution < -0.4 is 0 Å². The van der Waals surface area contributed by atoms with Gasteiger partial charge < -0.3 is 14.7 Å². The summed E-state index contributed by atoms with van der Waals surface area (Å²) in [6, 6.07) is 9.58. The van der Waals surface area contributed by atoms with Gasteiger partial charge >= 0.3 is 6.09 Å². The van der Waals surface area contributed by atoms with E-state index < -0.39 is 6.09 Å². The largest absolute Gasteiger partial charge is 0.453 e. The molecular formula is C11H15NO3. The molecule has 0 saturated heterocycles. The number of nitrogens with zero attached hydrogens (tertiary/aromatic N) is 1. The van der Waals surface area contributed by atoms with E-state index in [2.05, 4.69) is 4.74 Å². The van der Waals surface area contributed by atoms with E-state index >= 15 is 0 Å². The molecule has 0 bridgehead atoms. The minimum Gasteiger partial charge on any atom is -0.453 e. The molecule has 0 aliphatic carbocycles. The second-order valence-corrected chi connectivity index (χ2v) is 3.10. The number of hydrogen-bond acceptors (Lipinski definition) is 3. The van der Waals surface area contributed by atoms with Crippen LogP contribution in [0, 0.1) is 0 Å². The van der Waals surface area contributed by atoms with E-state index in [1.54, 1.807) is 0 Å². The molecule has 4 heteroatoms. The van der Waals surface area contributed by atoms with Crippen LogP contribution in [0.15, 0.2) is 30.3 Å². The molecule has 0 aliphatic rings. The standard InChI is InChI=1S/C11H15NO3/c1-15-11(14)12(7-8-13)9-10-5-3-2-4-6-10/h2-6,13H,7-9H2,1H3. The Balaban J connectivity index is 2.62. The molecule has 0 unspecified atom stereocenters. The Morgan fingerprint density at radius 1 is 1.40 bits per heavy atom. The van der Waals surface area contributed by atoms with Crippen LogP contribution in [0.1, 0.15) is 5.56 Å². The Morgan fingerprint density at radius 3 is 2.60 bits per heavy atom. The first-order valence-corrected chi connectivity index (χ1v) is 4.75. The van der Waals surface area contributed by atoms with E-state index in [1.165, 1.54) is 12.0 Å². The molecule has 0 aliphatic heterocycles. The summed E-state index contributed by atoms with van der Waals surface area (Å²) in [5.41, 5.74) is 1.01. The molecule has 0 spiro atoms. The van der Waals surface area contributed by atoms with Crippen molar-refractivity contribution < 1.29 is 14.6 Å². The fraction of sp³-hybridized carbons (Fsp3) is 0.364. The van der Waals surface area contributed by atoms with E-state index in [0.717, 1.165) is 5.56 Å². The van der Waals surface area contributed by atoms with Crippen LogP contribution in [0.4, 0.5) is 4.79 Å². The minimum atomic E-state index is -0.423. The highest BCUT2D eigenvalue weighted by atomic mass is 16.5. The van der Waals surface area contributed by atoms with Gasteiger partial charge in [-0.15, -0.1) is 0 Å². The zero-order chi connectivity index (χ0) is 11.1. The second-order valence-electron chi connectivity index (χ2n) is 3.10. The van der Waals surface area contributed by atoms with Crippen molar-refractivity contribution in [1.29, 1.82) is 0 Å². The summed E-state index contributed by atoms with van der Waals surface area (Å²) in [7, 11) is 1.33. The van der Waals surface area contributed by atoms with Crippen molar-refractivity contribution in [2.24, 2.45) is 0 Å². The molecule has 1 aromatic carbocycles. The van der Waals surface area contributed by atoms with Crippen molar-refractivity contribution >= 4 is 6.09 Å². The van der Waals surface area contributed by atoms with Gasteiger partial charge in [-0.3, -0.25) is 0 Å². The normalized spacial score (nSPS) is 9.73. The number of ether oxygens (including phenoxy) is 1. The summed E-state index contributed by atoms with van der Waals surface area (Å²) in [6.07, 6.45) is -0.423. The molecule has 1 aromatic rings. The van der Waals surface area contributed by atoms with Crippen LogP contribution >= 0.6 is 0 Å². The van der Waals surface area contributed by atoms with Crippen LogP contribution in [0.25, 0.3) is 0 Å². The Morgan fingerprint density at radius 2 is 2.07 bits per heavy atom. The molecular weight excluding hydrogens is 194 g/mol. The highest BCUT2D eigenvalue weighted by Crippen LogP contribution is 2.05. The number of carbonyl (C=O) groups excluding carboxylic acids is 1. The van der Waals surface area contributed by atoms with Crippen LogP contribution in [0.2, 0.25) is 0 Å². The van der Waals surface area contributed by atoms with Gasteiger partial charge in [0.05, 0.1) is 13.7 Å². The first-order chi connectivity index (χ1) is 7.27. The van der Waals surface area contributed by atoms with Gasteiger partial charge in [-0.25, -0.2) is 4.79 Å². The average Bonchev–Trinajstić information content (AvgIpc) is 2.29. The number of hydrogen-bond donors (Lipinski definition) is 1. The van der Waals surface area contributed by atoms with E-state index in [4.69, 9.17) is 5.11 Å². The van der Waals surface area contributed by atoms with Crippen molar-refractivity contribution in [3.05, 3.63) is 35.9 Å². The quantitative estimate of drug-likeness (QED) is 0.811. The number of rotatable bonds is 4. The van der Waals surface area contributed by atoms with Crippen molar-refractivity contribution in [3.8, 4) is 0 Å². The first kappa shape index (κ1) is 11.5. The zero-order valence-electron chi connectivity index (χ0n) is 8.72. The molecule has 15 heavy (non-hydrogen) atoms. The number of amides is 1. The molecule has 0 atom stereocenters. The van der Waals surface area contributed by atoms with Gasteiger partial charge in [0, 0.05) is 13.1 Å². The molecule has 0 heterocycles. The molecule has 1 N–H and O–H groups in total. The molecule has 0 fully saturated rings. The minimum absolute atomic E-state index is 0.0675. The summed E-state index contributed by atoms with van der Waals surface area (Å²) in [6.45, 7) is 0.664. The summed E-state index contributed by atoms with van der Waals surface area (Å²) in [4.78, 5) is 12.8. The number of aliphatic hydroxyl groups is 1. The molecule has 0 radical (unpaired) electrons. The van der Waals surface area contributed by atoms with E-state index in [1.807, 2.05) is 30.3 Å². The third-order valence-corrected chi connectivity index (χ3v) is 2.02. The summed E-state index contributed by atoms with van der Waals surface area (Å²) in [5.74, 6) is 0. The van der Waals surface area contributed by atoms with Crippen molar-refractivity contribution in [1.82, 2.24) is 4.90 Å². The van der Waals surface area contributed by atoms with Gasteiger partial charge in [0.25, 0.3) is 0 Å². The van der Waals surface area contributed by atoms with Gasteiger partial charge in [0.1, 0.15) is 0 Å². The van der Waals surface area contributed by atoms with Crippen LogP contribution in [0.3, 0.4) is 0 Å². The first-order valence-electron chi connectivity index (χ1n) is 4.75. The predicted molar refractivity (Wildman–Crippen MR) is 56.3 cm³/mol. The van der Waals surface area contributed by atoms with Gasteiger partial charge in [0.15, 0.2) is 0 Å². The van der Waals surface area contributed by atoms with E-state index in [0.29, 0.717) is 6.54 Å². The third-order valence-electron chi connectivity index (χ3n) is 2.02. The van der Waals surface area contributed by atoms with Gasteiger partial charge in [-0.1, -0.05) is 30.3 Å². The lowest BCUT2D eigenvalue weighted by Gasteiger charge is -2.19. The summed E-state index contributed by atoms with van der Waals surface area (Å²) < 4.78 is 4.61. The molecule has 1 amide bonds.